The average Bonchev–Trinajstić information content (AvgIpc) is 3.22. The molecule has 0 aromatic rings. The molecule has 6 nitrogen and oxygen atoms in total. The maximum Gasteiger partial charge on any atom is 0.308 e. The largest absolute Gasteiger partial charge is 0.463 e. The molecule has 0 radical (unpaired) electrons. The Morgan fingerprint density at radius 2 is 1.90 bits per heavy atom. The van der Waals surface area contributed by atoms with Crippen LogP contribution in [0.3, 0.4) is 0 Å². The number of hydrogen-bond acceptors (Lipinski definition) is 6. The molecule has 1 rings (SSSR count). The summed E-state index contributed by atoms with van der Waals surface area (Å²) in [6, 6.07) is 0. The molecule has 1 saturated heterocycles. The molecule has 1 aliphatic rings. The van der Waals surface area contributed by atoms with E-state index >= 15 is 0 Å². The fourth-order valence-corrected chi connectivity index (χ4v) is 1.40. The molecule has 1 heterocycles. The van der Waals surface area contributed by atoms with Gasteiger partial charge in [-0.05, 0) is 12.8 Å². The molecule has 0 amide bonds. The normalized spacial score (nSPS) is 19.1. The maximum atomic E-state index is 11.2. The lowest BCUT2D eigenvalue weighted by molar-refractivity contribution is -0.151. The molecule has 1 aliphatic heterocycles. The Morgan fingerprint density at radius 3 is 2.50 bits per heavy atom. The molecule has 20 heavy (non-hydrogen) atoms. The molecule has 0 aromatic carbocycles. The highest BCUT2D eigenvalue weighted by Gasteiger charge is 2.21. The number of aliphatic hydroxyl groups excluding tert-OH is 1. The monoisotopic (exact) mass is 290 g/mol. The minimum atomic E-state index is -0.763. The summed E-state index contributed by atoms with van der Waals surface area (Å²) in [7, 11) is 0. The van der Waals surface area contributed by atoms with Crippen LogP contribution in [0.15, 0.2) is 0 Å². The Kier molecular flexibility index (Phi) is 8.77. The first-order valence-electron chi connectivity index (χ1n) is 7.21. The second kappa shape index (κ2) is 10.1. The third kappa shape index (κ3) is 9.25. The number of rotatable bonds is 12. The molecule has 0 bridgehead atoms. The fraction of sp³-hybridized carbons (Fsp3) is 0.929. The van der Waals surface area contributed by atoms with E-state index in [9.17, 15) is 9.90 Å². The van der Waals surface area contributed by atoms with E-state index in [1.54, 1.807) is 13.8 Å². The minimum Gasteiger partial charge on any atom is -0.463 e. The van der Waals surface area contributed by atoms with E-state index in [0.717, 1.165) is 19.4 Å². The molecule has 1 N–H and O–H groups in total. The van der Waals surface area contributed by atoms with Crippen LogP contribution in [-0.2, 0) is 23.7 Å². The number of carbonyl (C=O) groups is 1. The quantitative estimate of drug-likeness (QED) is 0.325. The molecule has 0 aliphatic carbocycles. The van der Waals surface area contributed by atoms with Crippen molar-refractivity contribution in [1.82, 2.24) is 0 Å². The van der Waals surface area contributed by atoms with E-state index in [-0.39, 0.29) is 25.1 Å². The Morgan fingerprint density at radius 1 is 1.25 bits per heavy atom. The van der Waals surface area contributed by atoms with Crippen molar-refractivity contribution in [3.8, 4) is 0 Å². The molecule has 2 unspecified atom stereocenters. The average molecular weight is 290 g/mol. The minimum absolute atomic E-state index is 0.0124. The third-order valence-electron chi connectivity index (χ3n) is 2.73. The lowest BCUT2D eigenvalue weighted by atomic mass is 10.2. The standard InChI is InChI=1S/C14H26O6/c1-11(2)14(16)20-8-12(15)7-17-5-3-4-6-18-9-13-10-19-13/h11-13,15H,3-10H2,1-2H3. The molecule has 1 fully saturated rings. The molecular formula is C14H26O6. The lowest BCUT2D eigenvalue weighted by Gasteiger charge is -2.13. The summed E-state index contributed by atoms with van der Waals surface area (Å²) in [5.74, 6) is -0.481. The molecule has 0 saturated carbocycles. The molecule has 2 atom stereocenters. The van der Waals surface area contributed by atoms with Crippen molar-refractivity contribution in [3.63, 3.8) is 0 Å². The Balaban J connectivity index is 1.81. The summed E-state index contributed by atoms with van der Waals surface area (Å²) >= 11 is 0. The zero-order valence-corrected chi connectivity index (χ0v) is 12.4. The van der Waals surface area contributed by atoms with E-state index in [1.807, 2.05) is 0 Å². The Labute approximate surface area is 120 Å². The third-order valence-corrected chi connectivity index (χ3v) is 2.73. The number of hydrogen-bond donors (Lipinski definition) is 1. The van der Waals surface area contributed by atoms with Gasteiger partial charge in [0.25, 0.3) is 0 Å². The van der Waals surface area contributed by atoms with Crippen LogP contribution >= 0.6 is 0 Å². The van der Waals surface area contributed by atoms with Gasteiger partial charge >= 0.3 is 5.97 Å². The van der Waals surface area contributed by atoms with Gasteiger partial charge in [0.2, 0.25) is 0 Å². The molecule has 118 valence electrons. The van der Waals surface area contributed by atoms with Gasteiger partial charge in [-0.15, -0.1) is 0 Å². The van der Waals surface area contributed by atoms with Crippen LogP contribution in [0.1, 0.15) is 26.7 Å². The second-order valence-electron chi connectivity index (χ2n) is 5.25. The van der Waals surface area contributed by atoms with E-state index in [4.69, 9.17) is 18.9 Å². The van der Waals surface area contributed by atoms with Crippen molar-refractivity contribution < 1.29 is 28.8 Å². The zero-order chi connectivity index (χ0) is 14.8. The van der Waals surface area contributed by atoms with Gasteiger partial charge in [0.1, 0.15) is 18.8 Å². The van der Waals surface area contributed by atoms with Crippen LogP contribution in [-0.4, -0.2) is 62.9 Å². The van der Waals surface area contributed by atoms with Crippen molar-refractivity contribution in [3.05, 3.63) is 0 Å². The molecule has 0 aromatic heterocycles. The van der Waals surface area contributed by atoms with Crippen LogP contribution in [0.4, 0.5) is 0 Å². The summed E-state index contributed by atoms with van der Waals surface area (Å²) in [6.45, 7) is 6.45. The SMILES string of the molecule is CC(C)C(=O)OCC(O)COCCCCOCC1CO1. The highest BCUT2D eigenvalue weighted by atomic mass is 16.6. The maximum absolute atomic E-state index is 11.2. The van der Waals surface area contributed by atoms with Gasteiger partial charge in [-0.3, -0.25) is 4.79 Å². The van der Waals surface area contributed by atoms with Gasteiger partial charge < -0.3 is 24.1 Å². The van der Waals surface area contributed by atoms with E-state index in [0.29, 0.717) is 25.9 Å². The summed E-state index contributed by atoms with van der Waals surface area (Å²) in [5, 5.41) is 9.55. The van der Waals surface area contributed by atoms with Crippen molar-refractivity contribution >= 4 is 5.97 Å². The predicted octanol–water partition coefficient (Wildman–Crippen LogP) is 0.759. The smallest absolute Gasteiger partial charge is 0.308 e. The first kappa shape index (κ1) is 17.4. The van der Waals surface area contributed by atoms with Crippen LogP contribution < -0.4 is 0 Å². The van der Waals surface area contributed by atoms with Crippen LogP contribution in [0, 0.1) is 5.92 Å². The number of ether oxygens (including phenoxy) is 4. The first-order valence-corrected chi connectivity index (χ1v) is 7.21. The van der Waals surface area contributed by atoms with Crippen molar-refractivity contribution in [2.45, 2.75) is 38.9 Å². The highest BCUT2D eigenvalue weighted by Crippen LogP contribution is 2.08. The van der Waals surface area contributed by atoms with Gasteiger partial charge in [0.05, 0.1) is 25.7 Å². The van der Waals surface area contributed by atoms with Crippen LogP contribution in [0.25, 0.3) is 0 Å². The number of aliphatic hydroxyl groups is 1. The summed E-state index contributed by atoms with van der Waals surface area (Å²) in [6.07, 6.45) is 1.35. The molecule has 0 spiro atoms. The number of unbranched alkanes of at least 4 members (excludes halogenated alkanes) is 1. The van der Waals surface area contributed by atoms with E-state index in [1.165, 1.54) is 0 Å². The first-order chi connectivity index (χ1) is 9.59. The molecular weight excluding hydrogens is 264 g/mol. The lowest BCUT2D eigenvalue weighted by Crippen LogP contribution is -2.25. The zero-order valence-electron chi connectivity index (χ0n) is 12.4. The topological polar surface area (TPSA) is 77.5 Å². The van der Waals surface area contributed by atoms with Crippen LogP contribution in [0.2, 0.25) is 0 Å². The van der Waals surface area contributed by atoms with Crippen molar-refractivity contribution in [1.29, 1.82) is 0 Å². The van der Waals surface area contributed by atoms with Gasteiger partial charge in [0.15, 0.2) is 0 Å². The van der Waals surface area contributed by atoms with Gasteiger partial charge in [-0.2, -0.15) is 0 Å². The van der Waals surface area contributed by atoms with Crippen LogP contribution in [0.5, 0.6) is 0 Å². The van der Waals surface area contributed by atoms with Gasteiger partial charge in [-0.25, -0.2) is 0 Å². The van der Waals surface area contributed by atoms with Gasteiger partial charge in [0, 0.05) is 13.2 Å². The highest BCUT2D eigenvalue weighted by molar-refractivity contribution is 5.71. The van der Waals surface area contributed by atoms with Crippen molar-refractivity contribution in [2.24, 2.45) is 5.92 Å². The summed E-state index contributed by atoms with van der Waals surface area (Å²) < 4.78 is 20.6. The summed E-state index contributed by atoms with van der Waals surface area (Å²) in [5.41, 5.74) is 0. The summed E-state index contributed by atoms with van der Waals surface area (Å²) in [4.78, 5) is 11.2. The van der Waals surface area contributed by atoms with E-state index in [2.05, 4.69) is 0 Å². The van der Waals surface area contributed by atoms with E-state index < -0.39 is 6.10 Å². The number of carbonyl (C=O) groups excluding carboxylic acids is 1. The van der Waals surface area contributed by atoms with Gasteiger partial charge in [-0.1, -0.05) is 13.8 Å². The predicted molar refractivity (Wildman–Crippen MR) is 72.4 cm³/mol. The number of epoxide rings is 1. The Bertz CT molecular complexity index is 264. The van der Waals surface area contributed by atoms with Crippen molar-refractivity contribution in [2.75, 3.05) is 39.6 Å². The fourth-order valence-electron chi connectivity index (χ4n) is 1.40. The number of esters is 1. The Hall–Kier alpha value is -0.690. The second-order valence-corrected chi connectivity index (χ2v) is 5.25. The molecule has 6 heteroatoms.